The van der Waals surface area contributed by atoms with Crippen LogP contribution in [-0.2, 0) is 39.1 Å². The molecule has 0 saturated heterocycles. The van der Waals surface area contributed by atoms with Gasteiger partial charge in [-0.25, -0.2) is 0 Å². The second kappa shape index (κ2) is 21.9. The first-order valence-electron chi connectivity index (χ1n) is 0. The van der Waals surface area contributed by atoms with E-state index >= 15 is 0 Å². The van der Waals surface area contributed by atoms with Crippen LogP contribution in [0.1, 0.15) is 0 Å². The maximum atomic E-state index is 0. The summed E-state index contributed by atoms with van der Waals surface area (Å²) < 4.78 is 0. The van der Waals surface area contributed by atoms with E-state index in [1.165, 1.54) is 0 Å². The van der Waals surface area contributed by atoms with Crippen LogP contribution in [0.4, 0.5) is 0 Å². The average molecular weight is 147 g/mol. The maximum Gasteiger partial charge on any atom is 0.187 e. The van der Waals surface area contributed by atoms with Gasteiger partial charge in [-0.3, -0.25) is 0 Å². The first-order chi connectivity index (χ1) is 0. The normalized spacial score (nSPS) is 0. The van der Waals surface area contributed by atoms with Crippen molar-refractivity contribution in [1.82, 2.24) is 6.15 Å². The fraction of sp³-hybridized carbons (Fsp3) is 0. The monoisotopic (exact) mass is 147 g/mol. The van der Waals surface area contributed by atoms with E-state index in [0.29, 0.717) is 0 Å². The van der Waals surface area contributed by atoms with Gasteiger partial charge in [-0.2, -0.15) is 0 Å². The van der Waals surface area contributed by atoms with E-state index in [9.17, 15) is 0 Å². The Bertz CT molecular complexity index is 8.00. The summed E-state index contributed by atoms with van der Waals surface area (Å²) in [6.07, 6.45) is 0. The third-order valence-electron chi connectivity index (χ3n) is 0. The minimum Gasteiger partial charge on any atom is -0.344 e. The van der Waals surface area contributed by atoms with E-state index < -0.39 is 0 Å². The molecule has 0 saturated carbocycles. The molecule has 0 fully saturated rings. The molecule has 0 unspecified atom stereocenters. The van der Waals surface area contributed by atoms with Crippen molar-refractivity contribution in [2.75, 3.05) is 0 Å². The molecule has 0 aromatic rings. The Labute approximate surface area is 62.3 Å². The van der Waals surface area contributed by atoms with Gasteiger partial charge in [0, 0.05) is 39.1 Å². The minimum atomic E-state index is 0. The molecule has 0 aromatic carbocycles. The Hall–Kier alpha value is 1.74. The largest absolute Gasteiger partial charge is 0.344 e. The van der Waals surface area contributed by atoms with Crippen LogP contribution in [0.15, 0.2) is 0 Å². The number of rotatable bonds is 0. The third-order valence-corrected chi connectivity index (χ3v) is 0. The topological polar surface area (TPSA) is 35.0 Å². The molecule has 0 aliphatic carbocycles. The van der Waals surface area contributed by atoms with Crippen molar-refractivity contribution in [2.24, 2.45) is 0 Å². The molecule has 3 N–H and O–H groups in total. The van der Waals surface area contributed by atoms with Gasteiger partial charge in [0.15, 0.2) is 17.4 Å². The zero-order valence-corrected chi connectivity index (χ0v) is 4.45. The van der Waals surface area contributed by atoms with Gasteiger partial charge >= 0.3 is 0 Å². The molecule has 0 heterocycles. The summed E-state index contributed by atoms with van der Waals surface area (Å²) in [6, 6.07) is 0. The second-order valence-corrected chi connectivity index (χ2v) is 0. The molecule has 1 nitrogen and oxygen atoms in total. The molecule has 4 heavy (non-hydrogen) atoms. The van der Waals surface area contributed by atoms with Gasteiger partial charge in [0.1, 0.15) is 0 Å². The number of hydrogen-bond donors (Lipinski definition) is 1. The van der Waals surface area contributed by atoms with Crippen molar-refractivity contribution in [3.8, 4) is 0 Å². The van der Waals surface area contributed by atoms with E-state index in [1.807, 2.05) is 0 Å². The van der Waals surface area contributed by atoms with Crippen LogP contribution < -0.4 is 6.15 Å². The van der Waals surface area contributed by atoms with Crippen LogP contribution in [-0.4, -0.2) is 17.4 Å². The average Bonchev–Trinajstić information content (AvgIpc) is 0. The van der Waals surface area contributed by atoms with E-state index in [2.05, 4.69) is 0 Å². The molecule has 0 aliphatic rings. The predicted octanol–water partition coefficient (Wildman–Crippen LogP) is -1.03. The fourth-order valence-corrected chi connectivity index (χ4v) is 0. The Kier molecular flexibility index (Phi) is 233. The van der Waals surface area contributed by atoms with Crippen LogP contribution >= 0.6 is 0 Å². The van der Waals surface area contributed by atoms with Gasteiger partial charge in [0.2, 0.25) is 0 Å². The summed E-state index contributed by atoms with van der Waals surface area (Å²) in [5, 5.41) is 0. The molecule has 0 aliphatic heterocycles. The van der Waals surface area contributed by atoms with Gasteiger partial charge in [-0.05, 0) is 0 Å². The molecule has 0 amide bonds. The molecular weight excluding hydrogens is 141 g/mol. The van der Waals surface area contributed by atoms with Crippen molar-refractivity contribution in [2.45, 2.75) is 0 Å². The van der Waals surface area contributed by atoms with E-state index in [-0.39, 0.29) is 62.6 Å². The minimum absolute atomic E-state index is 0. The van der Waals surface area contributed by atoms with Crippen LogP contribution in [0.25, 0.3) is 0 Å². The molecule has 0 bridgehead atoms. The van der Waals surface area contributed by atoms with Crippen molar-refractivity contribution >= 4 is 17.4 Å². The molecule has 0 atom stereocenters. The number of hydrogen-bond acceptors (Lipinski definition) is 1. The van der Waals surface area contributed by atoms with Crippen LogP contribution in [0, 0.1) is 0 Å². The zero-order valence-electron chi connectivity index (χ0n) is 1.62. The summed E-state index contributed by atoms with van der Waals surface area (Å²) in [7, 11) is 0. The van der Waals surface area contributed by atoms with E-state index in [0.717, 1.165) is 0 Å². The molecule has 0 rings (SSSR count). The molecular formula is H6AlCrNTi. The van der Waals surface area contributed by atoms with Crippen molar-refractivity contribution < 1.29 is 39.1 Å². The molecule has 0 spiro atoms. The molecule has 24 valence electrons. The summed E-state index contributed by atoms with van der Waals surface area (Å²) in [5.74, 6) is 0. The van der Waals surface area contributed by atoms with Crippen LogP contribution in [0.3, 0.4) is 0 Å². The van der Waals surface area contributed by atoms with Gasteiger partial charge in [-0.1, -0.05) is 0 Å². The Morgan fingerprint density at radius 1 is 1.00 bits per heavy atom. The Morgan fingerprint density at radius 2 is 1.00 bits per heavy atom. The van der Waals surface area contributed by atoms with Crippen molar-refractivity contribution in [3.05, 3.63) is 0 Å². The molecule has 0 aromatic heterocycles. The summed E-state index contributed by atoms with van der Waals surface area (Å²) >= 11 is 0. The van der Waals surface area contributed by atoms with Crippen molar-refractivity contribution in [1.29, 1.82) is 0 Å². The summed E-state index contributed by atoms with van der Waals surface area (Å²) in [5.41, 5.74) is 0. The predicted molar refractivity (Wildman–Crippen MR) is 15.0 cm³/mol. The van der Waals surface area contributed by atoms with Crippen LogP contribution in [0.2, 0.25) is 0 Å². The first-order valence-corrected chi connectivity index (χ1v) is 0. The third kappa shape index (κ3) is 9.28. The van der Waals surface area contributed by atoms with Crippen molar-refractivity contribution in [3.63, 3.8) is 0 Å². The Morgan fingerprint density at radius 3 is 1.00 bits per heavy atom. The van der Waals surface area contributed by atoms with E-state index in [1.54, 1.807) is 0 Å². The maximum absolute atomic E-state index is 0. The fourth-order valence-electron chi connectivity index (χ4n) is 0. The molecule has 4 heteroatoms. The summed E-state index contributed by atoms with van der Waals surface area (Å²) in [4.78, 5) is 0. The van der Waals surface area contributed by atoms with Gasteiger partial charge in [0.05, 0.1) is 0 Å². The first kappa shape index (κ1) is 42.6. The van der Waals surface area contributed by atoms with Gasteiger partial charge in [-0.15, -0.1) is 0 Å². The van der Waals surface area contributed by atoms with Gasteiger partial charge in [0.25, 0.3) is 0 Å². The second-order valence-electron chi connectivity index (χ2n) is 0. The zero-order chi connectivity index (χ0) is 0. The van der Waals surface area contributed by atoms with Gasteiger partial charge < -0.3 is 6.15 Å². The van der Waals surface area contributed by atoms with E-state index in [4.69, 9.17) is 0 Å². The smallest absolute Gasteiger partial charge is 0.187 e. The van der Waals surface area contributed by atoms with Crippen LogP contribution in [0.5, 0.6) is 0 Å². The molecule has 0 radical (unpaired) electrons. The Balaban J connectivity index is 0. The quantitative estimate of drug-likeness (QED) is 0.437. The summed E-state index contributed by atoms with van der Waals surface area (Å²) in [6.45, 7) is 0. The standard InChI is InChI=1S/Al.Cr.H3N.Ti.3H/h;;1H3;;;;. The SMILES string of the molecule is N.[AlH3].[Cr].[Ti].